The minimum atomic E-state index is -0.959. The van der Waals surface area contributed by atoms with Crippen LogP contribution in [-0.4, -0.2) is 28.7 Å². The highest BCUT2D eigenvalue weighted by Crippen LogP contribution is 2.53. The summed E-state index contributed by atoms with van der Waals surface area (Å²) in [5, 5.41) is 0. The Morgan fingerprint density at radius 1 is 0.675 bits per heavy atom. The maximum absolute atomic E-state index is 14.2. The number of carbonyl (C=O) groups is 3. The summed E-state index contributed by atoms with van der Waals surface area (Å²) >= 11 is 0. The van der Waals surface area contributed by atoms with Gasteiger partial charge in [-0.05, 0) is 40.5 Å². The Kier molecular flexibility index (Phi) is 5.81. The Balaban J connectivity index is 1.31. The molecule has 0 radical (unpaired) electrons. The van der Waals surface area contributed by atoms with Crippen molar-refractivity contribution in [2.24, 2.45) is 11.8 Å². The minimum absolute atomic E-state index is 0.292. The molecule has 0 aliphatic carbocycles. The fraction of sp³-hybridized carbons (Fsp3) is 0.147. The predicted octanol–water partition coefficient (Wildman–Crippen LogP) is 5.53. The molecular weight excluding hydrogens is 500 g/mol. The lowest BCUT2D eigenvalue weighted by atomic mass is 9.84. The fourth-order valence-electron chi connectivity index (χ4n) is 6.43. The Labute approximate surface area is 232 Å². The van der Waals surface area contributed by atoms with E-state index >= 15 is 0 Å². The normalized spacial score (nSPS) is 22.7. The third-order valence-electron chi connectivity index (χ3n) is 8.16. The Bertz CT molecular complexity index is 1580. The van der Waals surface area contributed by atoms with Crippen molar-refractivity contribution in [2.45, 2.75) is 18.2 Å². The van der Waals surface area contributed by atoms with Crippen molar-refractivity contribution < 1.29 is 19.1 Å². The van der Waals surface area contributed by atoms with Gasteiger partial charge in [-0.15, -0.1) is 0 Å². The van der Waals surface area contributed by atoms with Gasteiger partial charge in [-0.25, -0.2) is 9.69 Å². The van der Waals surface area contributed by atoms with Crippen LogP contribution >= 0.6 is 0 Å². The minimum Gasteiger partial charge on any atom is -0.451 e. The van der Waals surface area contributed by atoms with Crippen LogP contribution in [0.4, 0.5) is 5.69 Å². The summed E-state index contributed by atoms with van der Waals surface area (Å²) in [4.78, 5) is 45.4. The van der Waals surface area contributed by atoms with Crippen LogP contribution < -0.4 is 4.90 Å². The van der Waals surface area contributed by atoms with Crippen LogP contribution in [0.2, 0.25) is 0 Å². The third-order valence-corrected chi connectivity index (χ3v) is 8.16. The number of esters is 1. The van der Waals surface area contributed by atoms with E-state index in [1.54, 1.807) is 24.3 Å². The van der Waals surface area contributed by atoms with E-state index in [0.29, 0.717) is 5.69 Å². The molecule has 2 saturated heterocycles. The molecule has 3 heterocycles. The molecule has 0 aromatic heterocycles. The highest BCUT2D eigenvalue weighted by molar-refractivity contribution is 6.23. The molecule has 4 atom stereocenters. The summed E-state index contributed by atoms with van der Waals surface area (Å²) in [6.07, 6.45) is 3.11. The second kappa shape index (κ2) is 9.65. The number of hydrogen-bond acceptors (Lipinski definition) is 5. The predicted molar refractivity (Wildman–Crippen MR) is 151 cm³/mol. The number of fused-ring (bicyclic) bond motifs is 5. The Hall–Kier alpha value is -4.97. The number of imide groups is 1. The molecule has 2 fully saturated rings. The third kappa shape index (κ3) is 3.75. The van der Waals surface area contributed by atoms with E-state index < -0.39 is 36.0 Å². The standard InChI is InChI=1S/C34H26N2O4/c37-32-27-28(33(38)36(32)25-17-8-3-9-18-25)30(35-21-20-22-12-10-11-19-26(22)29(27)35)34(39)40-31(23-13-4-1-5-14-23)24-15-6-2-7-16-24/h1-21,27-31H/t27-,28+,29+,30+/m0/s1. The van der Waals surface area contributed by atoms with Crippen LogP contribution in [0.1, 0.15) is 34.4 Å². The molecule has 0 saturated carbocycles. The largest absolute Gasteiger partial charge is 0.451 e. The van der Waals surface area contributed by atoms with Crippen LogP contribution in [0.5, 0.6) is 0 Å². The second-order valence-corrected chi connectivity index (χ2v) is 10.3. The first-order valence-corrected chi connectivity index (χ1v) is 13.4. The van der Waals surface area contributed by atoms with Crippen molar-refractivity contribution in [1.82, 2.24) is 4.90 Å². The van der Waals surface area contributed by atoms with E-state index in [0.717, 1.165) is 22.3 Å². The van der Waals surface area contributed by atoms with Crippen molar-refractivity contribution in [3.63, 3.8) is 0 Å². The summed E-state index contributed by atoms with van der Waals surface area (Å²) < 4.78 is 6.28. The van der Waals surface area contributed by atoms with Gasteiger partial charge in [0, 0.05) is 6.20 Å². The van der Waals surface area contributed by atoms with Gasteiger partial charge >= 0.3 is 5.97 Å². The van der Waals surface area contributed by atoms with Gasteiger partial charge in [-0.1, -0.05) is 103 Å². The van der Waals surface area contributed by atoms with Gasteiger partial charge in [0.1, 0.15) is 6.04 Å². The number of rotatable bonds is 5. The lowest BCUT2D eigenvalue weighted by Gasteiger charge is -2.35. The first kappa shape index (κ1) is 24.1. The van der Waals surface area contributed by atoms with Crippen molar-refractivity contribution in [2.75, 3.05) is 4.90 Å². The second-order valence-electron chi connectivity index (χ2n) is 10.3. The smallest absolute Gasteiger partial charge is 0.330 e. The summed E-state index contributed by atoms with van der Waals surface area (Å²) in [5.74, 6) is -2.80. The number of para-hydroxylation sites is 1. The van der Waals surface area contributed by atoms with Gasteiger partial charge in [0.2, 0.25) is 11.8 Å². The van der Waals surface area contributed by atoms with Gasteiger partial charge in [0.05, 0.1) is 23.6 Å². The zero-order valence-electron chi connectivity index (χ0n) is 21.5. The van der Waals surface area contributed by atoms with Gasteiger partial charge in [0.15, 0.2) is 6.10 Å². The molecule has 0 spiro atoms. The molecule has 6 nitrogen and oxygen atoms in total. The molecule has 0 bridgehead atoms. The van der Waals surface area contributed by atoms with Crippen LogP contribution in [0.3, 0.4) is 0 Å². The summed E-state index contributed by atoms with van der Waals surface area (Å²) in [5.41, 5.74) is 4.06. The molecule has 196 valence electrons. The molecule has 6 heteroatoms. The van der Waals surface area contributed by atoms with E-state index in [1.807, 2.05) is 108 Å². The van der Waals surface area contributed by atoms with Crippen LogP contribution in [0.15, 0.2) is 121 Å². The summed E-state index contributed by atoms with van der Waals surface area (Å²) in [6.45, 7) is 0. The average molecular weight is 527 g/mol. The molecule has 7 rings (SSSR count). The van der Waals surface area contributed by atoms with Crippen LogP contribution in [0.25, 0.3) is 6.08 Å². The van der Waals surface area contributed by atoms with Gasteiger partial charge in [0.25, 0.3) is 0 Å². The quantitative estimate of drug-likeness (QED) is 0.253. The van der Waals surface area contributed by atoms with Crippen molar-refractivity contribution in [1.29, 1.82) is 0 Å². The summed E-state index contributed by atoms with van der Waals surface area (Å²) in [6, 6.07) is 34.5. The lowest BCUT2D eigenvalue weighted by Crippen LogP contribution is -2.45. The number of amides is 2. The molecule has 3 aliphatic heterocycles. The zero-order chi connectivity index (χ0) is 27.2. The van der Waals surface area contributed by atoms with Crippen molar-refractivity contribution >= 4 is 29.5 Å². The SMILES string of the molecule is O=C(OC(c1ccccc1)c1ccccc1)[C@H]1[C@@H]2C(=O)N(c3ccccc3)C(=O)[C@@H]2[C@H]2c3ccccc3C=CN21. The number of nitrogens with zero attached hydrogens (tertiary/aromatic N) is 2. The van der Waals surface area contributed by atoms with E-state index in [2.05, 4.69) is 0 Å². The van der Waals surface area contributed by atoms with E-state index in [9.17, 15) is 14.4 Å². The Morgan fingerprint density at radius 2 is 1.23 bits per heavy atom. The van der Waals surface area contributed by atoms with Gasteiger partial charge in [-0.3, -0.25) is 9.59 Å². The first-order valence-electron chi connectivity index (χ1n) is 13.4. The van der Waals surface area contributed by atoms with E-state index in [1.165, 1.54) is 4.90 Å². The fourth-order valence-corrected chi connectivity index (χ4v) is 6.43. The lowest BCUT2D eigenvalue weighted by molar-refractivity contribution is -0.155. The Morgan fingerprint density at radius 3 is 1.88 bits per heavy atom. The van der Waals surface area contributed by atoms with Crippen molar-refractivity contribution in [3.8, 4) is 0 Å². The number of anilines is 1. The van der Waals surface area contributed by atoms with Crippen LogP contribution in [0, 0.1) is 11.8 Å². The molecule has 40 heavy (non-hydrogen) atoms. The highest BCUT2D eigenvalue weighted by atomic mass is 16.5. The van der Waals surface area contributed by atoms with E-state index in [4.69, 9.17) is 4.74 Å². The van der Waals surface area contributed by atoms with Gasteiger partial charge in [-0.2, -0.15) is 0 Å². The van der Waals surface area contributed by atoms with Crippen molar-refractivity contribution in [3.05, 3.63) is 144 Å². The molecule has 0 unspecified atom stereocenters. The number of ether oxygens (including phenoxy) is 1. The monoisotopic (exact) mass is 526 g/mol. The van der Waals surface area contributed by atoms with Gasteiger partial charge < -0.3 is 9.64 Å². The number of carbonyl (C=O) groups excluding carboxylic acids is 3. The molecule has 4 aromatic rings. The molecule has 0 N–H and O–H groups in total. The molecular formula is C34H26N2O4. The number of hydrogen-bond donors (Lipinski definition) is 0. The molecule has 4 aromatic carbocycles. The highest BCUT2D eigenvalue weighted by Gasteiger charge is 2.65. The first-order chi connectivity index (χ1) is 19.6. The topological polar surface area (TPSA) is 66.9 Å². The molecule has 2 amide bonds. The van der Waals surface area contributed by atoms with Crippen LogP contribution in [-0.2, 0) is 19.1 Å². The maximum Gasteiger partial charge on any atom is 0.330 e. The average Bonchev–Trinajstić information content (AvgIpc) is 3.49. The summed E-state index contributed by atoms with van der Waals surface area (Å²) in [7, 11) is 0. The maximum atomic E-state index is 14.2. The number of benzene rings is 4. The van der Waals surface area contributed by atoms with E-state index in [-0.39, 0.29) is 11.8 Å². The zero-order valence-corrected chi connectivity index (χ0v) is 21.5. The molecule has 3 aliphatic rings.